The summed E-state index contributed by atoms with van der Waals surface area (Å²) in [6.45, 7) is 2.72. The summed E-state index contributed by atoms with van der Waals surface area (Å²) in [6, 6.07) is 4.92. The molecule has 1 aliphatic heterocycles. The maximum absolute atomic E-state index is 13.2. The Bertz CT molecular complexity index is 718. The number of halogens is 2. The van der Waals surface area contributed by atoms with Crippen LogP contribution in [0.3, 0.4) is 0 Å². The third-order valence-electron chi connectivity index (χ3n) is 3.54. The van der Waals surface area contributed by atoms with Crippen molar-refractivity contribution >= 4 is 17.3 Å². The van der Waals surface area contributed by atoms with E-state index < -0.39 is 17.5 Å². The number of benzene rings is 1. The number of carbonyl (C=O) groups is 1. The molecule has 0 atom stereocenters. The Labute approximate surface area is 131 Å². The van der Waals surface area contributed by atoms with Crippen LogP contribution in [-0.2, 0) is 4.74 Å². The number of ether oxygens (including phenoxy) is 1. The Morgan fingerprint density at radius 1 is 1.13 bits per heavy atom. The van der Waals surface area contributed by atoms with Crippen molar-refractivity contribution in [3.63, 3.8) is 0 Å². The van der Waals surface area contributed by atoms with Crippen LogP contribution < -0.4 is 10.2 Å². The molecule has 3 rings (SSSR count). The number of nitrogens with zero attached hydrogens (tertiary/aromatic N) is 2. The number of hydrogen-bond acceptors (Lipinski definition) is 4. The molecular weight excluding hydrogens is 304 g/mol. The van der Waals surface area contributed by atoms with Crippen LogP contribution in [0.5, 0.6) is 0 Å². The smallest absolute Gasteiger partial charge is 0.257 e. The predicted molar refractivity (Wildman–Crippen MR) is 81.6 cm³/mol. The number of morpholine rings is 1. The third kappa shape index (κ3) is 3.62. The summed E-state index contributed by atoms with van der Waals surface area (Å²) < 4.78 is 31.4. The second-order valence-corrected chi connectivity index (χ2v) is 5.11. The van der Waals surface area contributed by atoms with Crippen LogP contribution in [0.25, 0.3) is 0 Å². The molecule has 0 aliphatic carbocycles. The lowest BCUT2D eigenvalue weighted by Crippen LogP contribution is -2.36. The largest absolute Gasteiger partial charge is 0.378 e. The van der Waals surface area contributed by atoms with Gasteiger partial charge >= 0.3 is 0 Å². The fraction of sp³-hybridized carbons (Fsp3) is 0.250. The number of carbonyl (C=O) groups excluding carboxylic acids is 1. The lowest BCUT2D eigenvalue weighted by molar-refractivity contribution is 0.102. The van der Waals surface area contributed by atoms with Crippen LogP contribution in [-0.4, -0.2) is 37.2 Å². The lowest BCUT2D eigenvalue weighted by atomic mass is 10.2. The number of aromatic nitrogens is 1. The molecule has 1 aliphatic rings. The predicted octanol–water partition coefficient (Wildman–Crippen LogP) is 2.45. The highest BCUT2D eigenvalue weighted by Gasteiger charge is 2.14. The lowest BCUT2D eigenvalue weighted by Gasteiger charge is -2.28. The minimum absolute atomic E-state index is 0.186. The van der Waals surface area contributed by atoms with Gasteiger partial charge in [-0.3, -0.25) is 9.78 Å². The molecule has 1 amide bonds. The number of nitrogens with one attached hydrogen (secondary N) is 1. The van der Waals surface area contributed by atoms with Crippen molar-refractivity contribution in [1.29, 1.82) is 0 Å². The molecule has 1 saturated heterocycles. The van der Waals surface area contributed by atoms with Crippen LogP contribution in [0.4, 0.5) is 20.2 Å². The van der Waals surface area contributed by atoms with Crippen molar-refractivity contribution in [3.05, 3.63) is 53.9 Å². The monoisotopic (exact) mass is 319 g/mol. The first-order valence-corrected chi connectivity index (χ1v) is 7.17. The molecule has 0 bridgehead atoms. The Balaban J connectivity index is 1.75. The van der Waals surface area contributed by atoms with Crippen LogP contribution >= 0.6 is 0 Å². The molecular formula is C16H15F2N3O2. The van der Waals surface area contributed by atoms with E-state index in [0.29, 0.717) is 18.8 Å². The summed E-state index contributed by atoms with van der Waals surface area (Å²) in [7, 11) is 0. The number of hydrogen-bond donors (Lipinski definition) is 1. The highest BCUT2D eigenvalue weighted by molar-refractivity contribution is 6.04. The molecule has 1 aromatic carbocycles. The first kappa shape index (κ1) is 15.4. The number of anilines is 2. The standard InChI is InChI=1S/C16H15F2N3O2/c17-14-2-1-12(8-15(14)18)20-16(22)11-7-13(10-19-9-11)21-3-5-23-6-4-21/h1-2,7-10H,3-6H2,(H,20,22). The zero-order chi connectivity index (χ0) is 16.2. The molecule has 23 heavy (non-hydrogen) atoms. The summed E-state index contributed by atoms with van der Waals surface area (Å²) >= 11 is 0. The van der Waals surface area contributed by atoms with E-state index in [1.54, 1.807) is 12.3 Å². The van der Waals surface area contributed by atoms with E-state index in [2.05, 4.69) is 15.2 Å². The summed E-state index contributed by atoms with van der Waals surface area (Å²) in [6.07, 6.45) is 3.11. The normalized spacial score (nSPS) is 14.6. The van der Waals surface area contributed by atoms with Gasteiger partial charge in [0.25, 0.3) is 5.91 Å². The summed E-state index contributed by atoms with van der Waals surface area (Å²) in [5, 5.41) is 2.53. The van der Waals surface area contributed by atoms with Gasteiger partial charge in [0.15, 0.2) is 11.6 Å². The van der Waals surface area contributed by atoms with Crippen molar-refractivity contribution in [2.45, 2.75) is 0 Å². The van der Waals surface area contributed by atoms with E-state index in [-0.39, 0.29) is 5.69 Å². The maximum Gasteiger partial charge on any atom is 0.257 e. The minimum atomic E-state index is -1.01. The molecule has 0 radical (unpaired) electrons. The quantitative estimate of drug-likeness (QED) is 0.944. The van der Waals surface area contributed by atoms with Crippen LogP contribution in [0, 0.1) is 11.6 Å². The molecule has 120 valence electrons. The third-order valence-corrected chi connectivity index (χ3v) is 3.54. The fourth-order valence-electron chi connectivity index (χ4n) is 2.32. The second kappa shape index (κ2) is 6.70. The summed E-state index contributed by atoms with van der Waals surface area (Å²) in [4.78, 5) is 18.4. The minimum Gasteiger partial charge on any atom is -0.378 e. The number of amides is 1. The summed E-state index contributed by atoms with van der Waals surface area (Å²) in [5.41, 5.74) is 1.36. The van der Waals surface area contributed by atoms with Gasteiger partial charge in [-0.25, -0.2) is 8.78 Å². The Morgan fingerprint density at radius 3 is 2.65 bits per heavy atom. The average Bonchev–Trinajstić information content (AvgIpc) is 2.59. The second-order valence-electron chi connectivity index (χ2n) is 5.11. The Hall–Kier alpha value is -2.54. The molecule has 1 aromatic heterocycles. The molecule has 0 saturated carbocycles. The van der Waals surface area contributed by atoms with Gasteiger partial charge in [0.1, 0.15) is 0 Å². The van der Waals surface area contributed by atoms with Gasteiger partial charge in [-0.2, -0.15) is 0 Å². The van der Waals surface area contributed by atoms with Crippen molar-refractivity contribution in [1.82, 2.24) is 4.98 Å². The van der Waals surface area contributed by atoms with Gasteiger partial charge in [-0.1, -0.05) is 0 Å². The van der Waals surface area contributed by atoms with Crippen LogP contribution in [0.15, 0.2) is 36.7 Å². The van der Waals surface area contributed by atoms with Crippen molar-refractivity contribution in [3.8, 4) is 0 Å². The van der Waals surface area contributed by atoms with E-state index in [9.17, 15) is 13.6 Å². The Kier molecular flexibility index (Phi) is 4.47. The molecule has 0 unspecified atom stereocenters. The molecule has 1 fully saturated rings. The van der Waals surface area contributed by atoms with Gasteiger partial charge in [0.05, 0.1) is 30.7 Å². The van der Waals surface area contributed by atoms with Gasteiger partial charge in [0, 0.05) is 31.0 Å². The zero-order valence-corrected chi connectivity index (χ0v) is 12.3. The average molecular weight is 319 g/mol. The SMILES string of the molecule is O=C(Nc1ccc(F)c(F)c1)c1cncc(N2CCOCC2)c1. The first-order valence-electron chi connectivity index (χ1n) is 7.17. The summed E-state index contributed by atoms with van der Waals surface area (Å²) in [5.74, 6) is -2.40. The molecule has 1 N–H and O–H groups in total. The molecule has 0 spiro atoms. The zero-order valence-electron chi connectivity index (χ0n) is 12.3. The van der Waals surface area contributed by atoms with Crippen molar-refractivity contribution in [2.24, 2.45) is 0 Å². The Morgan fingerprint density at radius 2 is 1.91 bits per heavy atom. The van der Waals surface area contributed by atoms with Crippen LogP contribution in [0.2, 0.25) is 0 Å². The van der Waals surface area contributed by atoms with Gasteiger partial charge < -0.3 is 15.0 Å². The first-order chi connectivity index (χ1) is 11.1. The van der Waals surface area contributed by atoms with Crippen molar-refractivity contribution < 1.29 is 18.3 Å². The number of rotatable bonds is 3. The van der Waals surface area contributed by atoms with E-state index in [4.69, 9.17) is 4.74 Å². The van der Waals surface area contributed by atoms with Crippen molar-refractivity contribution in [2.75, 3.05) is 36.5 Å². The molecule has 7 heteroatoms. The number of pyridine rings is 1. The molecule has 2 aromatic rings. The van der Waals surface area contributed by atoms with E-state index in [0.717, 1.165) is 30.9 Å². The van der Waals surface area contributed by atoms with Gasteiger partial charge in [0.2, 0.25) is 0 Å². The van der Waals surface area contributed by atoms with E-state index in [1.165, 1.54) is 12.3 Å². The topological polar surface area (TPSA) is 54.5 Å². The van der Waals surface area contributed by atoms with Gasteiger partial charge in [-0.15, -0.1) is 0 Å². The fourth-order valence-corrected chi connectivity index (χ4v) is 2.32. The van der Waals surface area contributed by atoms with Gasteiger partial charge in [-0.05, 0) is 18.2 Å². The highest BCUT2D eigenvalue weighted by Crippen LogP contribution is 2.18. The highest BCUT2D eigenvalue weighted by atomic mass is 19.2. The molecule has 2 heterocycles. The van der Waals surface area contributed by atoms with Crippen LogP contribution in [0.1, 0.15) is 10.4 Å². The van der Waals surface area contributed by atoms with E-state index >= 15 is 0 Å². The van der Waals surface area contributed by atoms with E-state index in [1.807, 2.05) is 0 Å². The maximum atomic E-state index is 13.2. The molecule has 5 nitrogen and oxygen atoms in total.